The second-order valence-electron chi connectivity index (χ2n) is 4.85. The van der Waals surface area contributed by atoms with E-state index in [1.165, 1.54) is 0 Å². The van der Waals surface area contributed by atoms with Gasteiger partial charge in [-0.3, -0.25) is 9.20 Å². The van der Waals surface area contributed by atoms with Gasteiger partial charge in [0.1, 0.15) is 0 Å². The van der Waals surface area contributed by atoms with Crippen molar-refractivity contribution >= 4 is 40.7 Å². The van der Waals surface area contributed by atoms with Crippen molar-refractivity contribution in [1.29, 1.82) is 0 Å². The Balaban J connectivity index is 0.00000162. The van der Waals surface area contributed by atoms with Gasteiger partial charge < -0.3 is 15.8 Å². The van der Waals surface area contributed by atoms with Gasteiger partial charge in [-0.1, -0.05) is 0 Å². The number of rotatable bonds is 5. The standard InChI is InChI=1S/C11H21N3O2S.HI/c1-17(15)11(4-5-11)8-14-10(12)13-7-9-3-2-6-16-9;/h9H,2-8H2,1H3,(H3,12,13,14);1H. The molecule has 0 radical (unpaired) electrons. The molecule has 2 unspecified atom stereocenters. The van der Waals surface area contributed by atoms with Crippen molar-refractivity contribution in [2.24, 2.45) is 10.7 Å². The third-order valence-electron chi connectivity index (χ3n) is 3.49. The normalized spacial score (nSPS) is 27.4. The minimum absolute atomic E-state index is 0. The predicted molar refractivity (Wildman–Crippen MR) is 84.9 cm³/mol. The summed E-state index contributed by atoms with van der Waals surface area (Å²) in [4.78, 5) is 4.28. The first-order chi connectivity index (χ1) is 8.12. The summed E-state index contributed by atoms with van der Waals surface area (Å²) < 4.78 is 16.9. The molecule has 0 spiro atoms. The van der Waals surface area contributed by atoms with Gasteiger partial charge in [-0.05, 0) is 25.7 Å². The second kappa shape index (κ2) is 7.04. The van der Waals surface area contributed by atoms with E-state index in [1.54, 1.807) is 6.26 Å². The van der Waals surface area contributed by atoms with E-state index >= 15 is 0 Å². The topological polar surface area (TPSA) is 76.7 Å². The maximum absolute atomic E-state index is 11.5. The van der Waals surface area contributed by atoms with Gasteiger partial charge in [-0.15, -0.1) is 24.0 Å². The molecular formula is C11H22IN3O2S. The molecule has 1 saturated heterocycles. The van der Waals surface area contributed by atoms with Crippen LogP contribution in [0.5, 0.6) is 0 Å². The van der Waals surface area contributed by atoms with Crippen LogP contribution in [-0.4, -0.2) is 47.0 Å². The average Bonchev–Trinajstić information content (AvgIpc) is 2.93. The number of guanidine groups is 1. The average molecular weight is 387 g/mol. The first-order valence-corrected chi connectivity index (χ1v) is 7.67. The van der Waals surface area contributed by atoms with Crippen LogP contribution in [0.25, 0.3) is 0 Å². The minimum Gasteiger partial charge on any atom is -0.376 e. The number of nitrogens with one attached hydrogen (secondary N) is 1. The van der Waals surface area contributed by atoms with E-state index < -0.39 is 10.8 Å². The maximum atomic E-state index is 11.5. The summed E-state index contributed by atoms with van der Waals surface area (Å²) in [6.07, 6.45) is 6.22. The highest BCUT2D eigenvalue weighted by Crippen LogP contribution is 2.41. The third kappa shape index (κ3) is 4.34. The summed E-state index contributed by atoms with van der Waals surface area (Å²) in [5.41, 5.74) is 5.77. The number of nitrogens with two attached hydrogens (primary N) is 1. The van der Waals surface area contributed by atoms with Gasteiger partial charge in [0, 0.05) is 30.2 Å². The Bertz CT molecular complexity index is 328. The van der Waals surface area contributed by atoms with Crippen LogP contribution in [0, 0.1) is 0 Å². The van der Waals surface area contributed by atoms with Gasteiger partial charge >= 0.3 is 0 Å². The Morgan fingerprint density at radius 3 is 2.83 bits per heavy atom. The van der Waals surface area contributed by atoms with Gasteiger partial charge in [0.2, 0.25) is 0 Å². The first-order valence-electron chi connectivity index (χ1n) is 6.11. The minimum atomic E-state index is -0.802. The van der Waals surface area contributed by atoms with Crippen molar-refractivity contribution in [3.8, 4) is 0 Å². The van der Waals surface area contributed by atoms with Gasteiger partial charge in [-0.25, -0.2) is 0 Å². The van der Waals surface area contributed by atoms with Gasteiger partial charge in [0.25, 0.3) is 0 Å². The fraction of sp³-hybridized carbons (Fsp3) is 0.909. The molecule has 1 saturated carbocycles. The van der Waals surface area contributed by atoms with Crippen molar-refractivity contribution in [1.82, 2.24) is 5.32 Å². The van der Waals surface area contributed by atoms with E-state index in [0.717, 1.165) is 38.8 Å². The van der Waals surface area contributed by atoms with Crippen molar-refractivity contribution in [3.05, 3.63) is 0 Å². The zero-order valence-electron chi connectivity index (χ0n) is 10.7. The molecule has 5 nitrogen and oxygen atoms in total. The molecule has 1 heterocycles. The highest BCUT2D eigenvalue weighted by atomic mass is 127. The van der Waals surface area contributed by atoms with E-state index in [2.05, 4.69) is 10.3 Å². The predicted octanol–water partition coefficient (Wildman–Crippen LogP) is 0.599. The van der Waals surface area contributed by atoms with Crippen molar-refractivity contribution in [2.45, 2.75) is 36.5 Å². The lowest BCUT2D eigenvalue weighted by atomic mass is 10.2. The highest BCUT2D eigenvalue weighted by Gasteiger charge is 2.46. The quantitative estimate of drug-likeness (QED) is 0.412. The molecule has 0 aromatic heterocycles. The molecule has 2 aliphatic rings. The van der Waals surface area contributed by atoms with Gasteiger partial charge in [0.05, 0.1) is 17.4 Å². The first kappa shape index (κ1) is 16.2. The van der Waals surface area contributed by atoms with Crippen LogP contribution in [-0.2, 0) is 15.5 Å². The van der Waals surface area contributed by atoms with Crippen molar-refractivity contribution in [2.75, 3.05) is 26.0 Å². The zero-order chi connectivity index (χ0) is 12.3. The zero-order valence-corrected chi connectivity index (χ0v) is 13.8. The maximum Gasteiger partial charge on any atom is 0.188 e. The monoisotopic (exact) mass is 387 g/mol. The molecule has 0 bridgehead atoms. The molecule has 3 N–H and O–H groups in total. The molecule has 1 aliphatic heterocycles. The Morgan fingerprint density at radius 1 is 1.61 bits per heavy atom. The summed E-state index contributed by atoms with van der Waals surface area (Å²) in [5.74, 6) is 0.442. The molecule has 106 valence electrons. The fourth-order valence-electron chi connectivity index (χ4n) is 1.98. The van der Waals surface area contributed by atoms with Crippen LogP contribution in [0.2, 0.25) is 0 Å². The van der Waals surface area contributed by atoms with Crippen LogP contribution >= 0.6 is 24.0 Å². The summed E-state index contributed by atoms with van der Waals surface area (Å²) in [7, 11) is -0.802. The number of ether oxygens (including phenoxy) is 1. The van der Waals surface area contributed by atoms with E-state index in [4.69, 9.17) is 10.5 Å². The van der Waals surface area contributed by atoms with Gasteiger partial charge in [-0.2, -0.15) is 0 Å². The van der Waals surface area contributed by atoms with E-state index in [0.29, 0.717) is 12.5 Å². The van der Waals surface area contributed by atoms with Crippen molar-refractivity contribution in [3.63, 3.8) is 0 Å². The lowest BCUT2D eigenvalue weighted by molar-refractivity contribution is 0.114. The molecule has 0 amide bonds. The van der Waals surface area contributed by atoms with E-state index in [9.17, 15) is 4.21 Å². The Morgan fingerprint density at radius 2 is 2.33 bits per heavy atom. The number of hydrogen-bond donors (Lipinski definition) is 2. The molecule has 1 aliphatic carbocycles. The summed E-state index contributed by atoms with van der Waals surface area (Å²) in [6, 6.07) is 0. The molecule has 7 heteroatoms. The number of hydrogen-bond acceptors (Lipinski definition) is 3. The molecular weight excluding hydrogens is 365 g/mol. The van der Waals surface area contributed by atoms with Crippen LogP contribution in [0.3, 0.4) is 0 Å². The number of aliphatic imine (C=N–C) groups is 1. The van der Waals surface area contributed by atoms with Crippen molar-refractivity contribution < 1.29 is 8.95 Å². The fourth-order valence-corrected chi connectivity index (χ4v) is 2.91. The summed E-state index contributed by atoms with van der Waals surface area (Å²) in [6.45, 7) is 2.14. The smallest absolute Gasteiger partial charge is 0.188 e. The molecule has 2 atom stereocenters. The largest absolute Gasteiger partial charge is 0.376 e. The molecule has 0 aromatic rings. The Labute approximate surface area is 128 Å². The highest BCUT2D eigenvalue weighted by molar-refractivity contribution is 14.0. The summed E-state index contributed by atoms with van der Waals surface area (Å²) >= 11 is 0. The summed E-state index contributed by atoms with van der Waals surface area (Å²) in [5, 5.41) is 3.07. The van der Waals surface area contributed by atoms with Crippen LogP contribution in [0.4, 0.5) is 0 Å². The third-order valence-corrected chi connectivity index (χ3v) is 5.25. The lowest BCUT2D eigenvalue weighted by Crippen LogP contribution is -2.38. The molecule has 2 fully saturated rings. The van der Waals surface area contributed by atoms with Crippen LogP contribution < -0.4 is 11.1 Å². The second-order valence-corrected chi connectivity index (χ2v) is 6.63. The Hall–Kier alpha value is 0.110. The van der Waals surface area contributed by atoms with Crippen LogP contribution in [0.15, 0.2) is 4.99 Å². The molecule has 18 heavy (non-hydrogen) atoms. The molecule has 0 aromatic carbocycles. The SMILES string of the molecule is CS(=O)C1(CN=C(N)NCC2CCCO2)CC1.I. The van der Waals surface area contributed by atoms with E-state index in [-0.39, 0.29) is 34.8 Å². The van der Waals surface area contributed by atoms with Gasteiger partial charge in [0.15, 0.2) is 5.96 Å². The Kier molecular flexibility index (Phi) is 6.32. The number of halogens is 1. The lowest BCUT2D eigenvalue weighted by Gasteiger charge is -2.12. The molecule has 2 rings (SSSR count). The number of nitrogens with zero attached hydrogens (tertiary/aromatic N) is 1. The van der Waals surface area contributed by atoms with E-state index in [1.807, 2.05) is 0 Å². The van der Waals surface area contributed by atoms with Crippen LogP contribution in [0.1, 0.15) is 25.7 Å².